The lowest BCUT2D eigenvalue weighted by molar-refractivity contribution is -0.00382. The topological polar surface area (TPSA) is 38.9 Å². The summed E-state index contributed by atoms with van der Waals surface area (Å²) in [5.74, 6) is 3.04. The summed E-state index contributed by atoms with van der Waals surface area (Å²) in [6, 6.07) is 0. The molecule has 0 aromatic carbocycles. The molecule has 1 aromatic heterocycles. The average Bonchev–Trinajstić information content (AvgIpc) is 2.69. The first-order valence-corrected chi connectivity index (χ1v) is 8.17. The van der Waals surface area contributed by atoms with Gasteiger partial charge in [0.15, 0.2) is 0 Å². The van der Waals surface area contributed by atoms with Gasteiger partial charge >= 0.3 is 0 Å². The SMILES string of the molecule is Cc1nc(CN)sc1C12CC3CC(CC(C3)C1)C2. The summed E-state index contributed by atoms with van der Waals surface area (Å²) in [6.45, 7) is 2.81. The minimum Gasteiger partial charge on any atom is -0.325 e. The van der Waals surface area contributed by atoms with Crippen molar-refractivity contribution in [1.82, 2.24) is 4.98 Å². The number of nitrogens with zero attached hydrogens (tertiary/aromatic N) is 1. The minimum absolute atomic E-state index is 0.504. The van der Waals surface area contributed by atoms with Crippen LogP contribution in [0.25, 0.3) is 0 Å². The van der Waals surface area contributed by atoms with E-state index in [1.807, 2.05) is 11.3 Å². The van der Waals surface area contributed by atoms with Crippen molar-refractivity contribution >= 4 is 11.3 Å². The summed E-state index contributed by atoms with van der Waals surface area (Å²) in [5, 5.41) is 1.14. The molecular formula is C15H22N2S. The molecule has 5 rings (SSSR count). The normalized spacial score (nSPS) is 41.6. The fourth-order valence-corrected chi connectivity index (χ4v) is 6.58. The number of aromatic nitrogens is 1. The number of nitrogens with two attached hydrogens (primary N) is 1. The molecule has 18 heavy (non-hydrogen) atoms. The predicted molar refractivity (Wildman–Crippen MR) is 74.6 cm³/mol. The maximum atomic E-state index is 5.77. The van der Waals surface area contributed by atoms with Crippen molar-refractivity contribution in [3.8, 4) is 0 Å². The summed E-state index contributed by atoms with van der Waals surface area (Å²) >= 11 is 1.91. The fourth-order valence-electron chi connectivity index (χ4n) is 5.42. The van der Waals surface area contributed by atoms with Crippen LogP contribution < -0.4 is 5.73 Å². The molecule has 0 radical (unpaired) electrons. The van der Waals surface area contributed by atoms with E-state index < -0.39 is 0 Å². The van der Waals surface area contributed by atoms with Gasteiger partial charge in [0, 0.05) is 16.8 Å². The van der Waals surface area contributed by atoms with E-state index in [-0.39, 0.29) is 0 Å². The minimum atomic E-state index is 0.504. The van der Waals surface area contributed by atoms with Crippen molar-refractivity contribution in [1.29, 1.82) is 0 Å². The van der Waals surface area contributed by atoms with Crippen molar-refractivity contribution in [2.75, 3.05) is 0 Å². The van der Waals surface area contributed by atoms with Gasteiger partial charge in [-0.15, -0.1) is 11.3 Å². The molecule has 3 heteroatoms. The highest BCUT2D eigenvalue weighted by Crippen LogP contribution is 2.61. The van der Waals surface area contributed by atoms with Crippen molar-refractivity contribution in [3.63, 3.8) is 0 Å². The van der Waals surface area contributed by atoms with E-state index in [1.54, 1.807) is 4.88 Å². The highest BCUT2D eigenvalue weighted by molar-refractivity contribution is 7.11. The Morgan fingerprint density at radius 2 is 1.72 bits per heavy atom. The molecule has 2 N–H and O–H groups in total. The molecule has 98 valence electrons. The first-order chi connectivity index (χ1) is 8.68. The van der Waals surface area contributed by atoms with E-state index in [9.17, 15) is 0 Å². The monoisotopic (exact) mass is 262 g/mol. The third-order valence-electron chi connectivity index (χ3n) is 5.54. The number of aryl methyl sites for hydroxylation is 1. The Bertz CT molecular complexity index is 442. The van der Waals surface area contributed by atoms with Crippen LogP contribution in [0.3, 0.4) is 0 Å². The third kappa shape index (κ3) is 1.53. The van der Waals surface area contributed by atoms with Crippen LogP contribution in [0.4, 0.5) is 0 Å². The van der Waals surface area contributed by atoms with Crippen LogP contribution in [0.15, 0.2) is 0 Å². The molecule has 0 amide bonds. The second-order valence-corrected chi connectivity index (χ2v) is 8.01. The van der Waals surface area contributed by atoms with Gasteiger partial charge < -0.3 is 5.73 Å². The fraction of sp³-hybridized carbons (Fsp3) is 0.800. The largest absolute Gasteiger partial charge is 0.325 e. The second kappa shape index (κ2) is 3.80. The van der Waals surface area contributed by atoms with Gasteiger partial charge in [0.25, 0.3) is 0 Å². The van der Waals surface area contributed by atoms with Crippen molar-refractivity contribution in [2.45, 2.75) is 57.4 Å². The van der Waals surface area contributed by atoms with Crippen molar-refractivity contribution < 1.29 is 0 Å². The number of thiazole rings is 1. The van der Waals surface area contributed by atoms with Gasteiger partial charge in [-0.2, -0.15) is 0 Å². The van der Waals surface area contributed by atoms with Gasteiger partial charge in [0.05, 0.1) is 5.69 Å². The van der Waals surface area contributed by atoms with Crippen molar-refractivity contribution in [3.05, 3.63) is 15.6 Å². The van der Waals surface area contributed by atoms with Crippen LogP contribution in [-0.2, 0) is 12.0 Å². The standard InChI is InChI=1S/C15H22N2S/c1-9-14(18-13(8-16)17-9)15-5-10-2-11(6-15)4-12(3-10)7-15/h10-12H,2-8,16H2,1H3. The van der Waals surface area contributed by atoms with Crippen LogP contribution in [0.5, 0.6) is 0 Å². The van der Waals surface area contributed by atoms with Gasteiger partial charge in [-0.25, -0.2) is 4.98 Å². The molecule has 0 spiro atoms. The lowest BCUT2D eigenvalue weighted by Gasteiger charge is -2.56. The molecule has 4 bridgehead atoms. The summed E-state index contributed by atoms with van der Waals surface area (Å²) < 4.78 is 0. The van der Waals surface area contributed by atoms with Crippen LogP contribution in [0.2, 0.25) is 0 Å². The Hall–Kier alpha value is -0.410. The zero-order valence-electron chi connectivity index (χ0n) is 11.1. The first-order valence-electron chi connectivity index (χ1n) is 7.35. The van der Waals surface area contributed by atoms with Crippen LogP contribution >= 0.6 is 11.3 Å². The van der Waals surface area contributed by atoms with Gasteiger partial charge in [0.2, 0.25) is 0 Å². The van der Waals surface area contributed by atoms with Gasteiger partial charge in [-0.05, 0) is 63.2 Å². The molecular weight excluding hydrogens is 240 g/mol. The maximum absolute atomic E-state index is 5.77. The summed E-state index contributed by atoms with van der Waals surface area (Å²) in [7, 11) is 0. The maximum Gasteiger partial charge on any atom is 0.107 e. The van der Waals surface area contributed by atoms with Gasteiger partial charge in [-0.3, -0.25) is 0 Å². The molecule has 0 saturated heterocycles. The van der Waals surface area contributed by atoms with E-state index in [0.29, 0.717) is 12.0 Å². The van der Waals surface area contributed by atoms with E-state index in [0.717, 1.165) is 22.8 Å². The molecule has 4 fully saturated rings. The Kier molecular flexibility index (Phi) is 2.41. The molecule has 0 unspecified atom stereocenters. The Balaban J connectivity index is 1.76. The Morgan fingerprint density at radius 3 is 2.17 bits per heavy atom. The summed E-state index contributed by atoms with van der Waals surface area (Å²) in [6.07, 6.45) is 8.85. The molecule has 1 heterocycles. The third-order valence-corrected chi connectivity index (χ3v) is 6.96. The smallest absolute Gasteiger partial charge is 0.107 e. The predicted octanol–water partition coefficient (Wildman–Crippen LogP) is 3.38. The van der Waals surface area contributed by atoms with Crippen molar-refractivity contribution in [2.24, 2.45) is 23.5 Å². The summed E-state index contributed by atoms with van der Waals surface area (Å²) in [4.78, 5) is 6.28. The highest BCUT2D eigenvalue weighted by atomic mass is 32.1. The molecule has 2 nitrogen and oxygen atoms in total. The molecule has 4 aliphatic rings. The quantitative estimate of drug-likeness (QED) is 0.887. The second-order valence-electron chi connectivity index (χ2n) is 6.92. The first kappa shape index (κ1) is 11.4. The summed E-state index contributed by atoms with van der Waals surface area (Å²) in [5.41, 5.74) is 7.56. The molecule has 0 aliphatic heterocycles. The highest BCUT2D eigenvalue weighted by Gasteiger charge is 2.52. The zero-order chi connectivity index (χ0) is 12.3. The molecule has 1 aromatic rings. The molecule has 4 aliphatic carbocycles. The van der Waals surface area contributed by atoms with Gasteiger partial charge in [-0.1, -0.05) is 0 Å². The van der Waals surface area contributed by atoms with E-state index in [2.05, 4.69) is 11.9 Å². The lowest BCUT2D eigenvalue weighted by atomic mass is 9.49. The van der Waals surface area contributed by atoms with Crippen LogP contribution in [-0.4, -0.2) is 4.98 Å². The van der Waals surface area contributed by atoms with Gasteiger partial charge in [0.1, 0.15) is 5.01 Å². The average molecular weight is 262 g/mol. The Labute approximate surface area is 113 Å². The molecule has 4 saturated carbocycles. The molecule has 0 atom stereocenters. The number of rotatable bonds is 2. The lowest BCUT2D eigenvalue weighted by Crippen LogP contribution is -2.48. The Morgan fingerprint density at radius 1 is 1.17 bits per heavy atom. The van der Waals surface area contributed by atoms with Crippen LogP contribution in [0.1, 0.15) is 54.1 Å². The van der Waals surface area contributed by atoms with E-state index >= 15 is 0 Å². The number of hydrogen-bond acceptors (Lipinski definition) is 3. The van der Waals surface area contributed by atoms with Crippen LogP contribution in [0, 0.1) is 24.7 Å². The van der Waals surface area contributed by atoms with E-state index in [1.165, 1.54) is 44.2 Å². The number of hydrogen-bond donors (Lipinski definition) is 1. The zero-order valence-corrected chi connectivity index (χ0v) is 11.9. The van der Waals surface area contributed by atoms with E-state index in [4.69, 9.17) is 5.73 Å².